The highest BCUT2D eigenvalue weighted by Gasteiger charge is 2.22. The molecule has 2 aromatic rings. The van der Waals surface area contributed by atoms with Crippen molar-refractivity contribution in [1.82, 2.24) is 9.88 Å². The maximum absolute atomic E-state index is 12.3. The van der Waals surface area contributed by atoms with Gasteiger partial charge in [0.1, 0.15) is 5.69 Å². The number of nitrogens with one attached hydrogen (secondary N) is 1. The molecular weight excluding hydrogens is 274 g/mol. The van der Waals surface area contributed by atoms with E-state index in [4.69, 9.17) is 11.6 Å². The van der Waals surface area contributed by atoms with Gasteiger partial charge in [-0.15, -0.1) is 0 Å². The molecule has 1 saturated heterocycles. The molecule has 5 heteroatoms. The van der Waals surface area contributed by atoms with Gasteiger partial charge < -0.3 is 14.8 Å². The van der Waals surface area contributed by atoms with E-state index in [0.717, 1.165) is 26.2 Å². The minimum atomic E-state index is 0.0182. The Morgan fingerprint density at radius 1 is 1.10 bits per heavy atom. The van der Waals surface area contributed by atoms with Crippen molar-refractivity contribution in [2.24, 2.45) is 0 Å². The van der Waals surface area contributed by atoms with Gasteiger partial charge in [-0.25, -0.2) is 0 Å². The topological polar surface area (TPSA) is 39.3 Å². The Hall–Kier alpha value is -1.94. The quantitative estimate of drug-likeness (QED) is 0.923. The van der Waals surface area contributed by atoms with Gasteiger partial charge in [-0.1, -0.05) is 29.8 Å². The maximum atomic E-state index is 12.3. The molecule has 1 aromatic heterocycles. The Morgan fingerprint density at radius 3 is 2.40 bits per heavy atom. The molecule has 1 aromatic carbocycles. The van der Waals surface area contributed by atoms with Gasteiger partial charge in [0.2, 0.25) is 0 Å². The highest BCUT2D eigenvalue weighted by molar-refractivity contribution is 6.30. The number of H-pyrrole nitrogens is 1. The van der Waals surface area contributed by atoms with Crippen molar-refractivity contribution in [1.29, 1.82) is 0 Å². The van der Waals surface area contributed by atoms with Crippen LogP contribution in [0.4, 0.5) is 5.69 Å². The number of carbonyl (C=O) groups is 1. The Balaban J connectivity index is 1.63. The number of hydrogen-bond donors (Lipinski definition) is 1. The molecule has 0 bridgehead atoms. The van der Waals surface area contributed by atoms with Gasteiger partial charge in [-0.05, 0) is 18.2 Å². The van der Waals surface area contributed by atoms with Crippen molar-refractivity contribution in [3.63, 3.8) is 0 Å². The zero-order chi connectivity index (χ0) is 13.9. The fraction of sp³-hybridized carbons (Fsp3) is 0.267. The molecule has 0 atom stereocenters. The second kappa shape index (κ2) is 5.59. The monoisotopic (exact) mass is 289 g/mol. The number of hydrogen-bond acceptors (Lipinski definition) is 2. The fourth-order valence-corrected chi connectivity index (χ4v) is 2.63. The third-order valence-corrected chi connectivity index (χ3v) is 3.78. The third-order valence-electron chi connectivity index (χ3n) is 3.57. The Kier molecular flexibility index (Phi) is 3.65. The fourth-order valence-electron chi connectivity index (χ4n) is 2.47. The second-order valence-electron chi connectivity index (χ2n) is 4.85. The molecule has 3 rings (SSSR count). The van der Waals surface area contributed by atoms with Crippen LogP contribution in [0.25, 0.3) is 0 Å². The number of anilines is 1. The smallest absolute Gasteiger partial charge is 0.270 e. The first-order chi connectivity index (χ1) is 9.74. The molecule has 1 aliphatic heterocycles. The van der Waals surface area contributed by atoms with Crippen molar-refractivity contribution in [2.75, 3.05) is 31.1 Å². The lowest BCUT2D eigenvalue weighted by Crippen LogP contribution is -2.48. The van der Waals surface area contributed by atoms with E-state index < -0.39 is 0 Å². The second-order valence-corrected chi connectivity index (χ2v) is 5.28. The van der Waals surface area contributed by atoms with E-state index in [-0.39, 0.29) is 5.91 Å². The van der Waals surface area contributed by atoms with Crippen molar-refractivity contribution in [3.05, 3.63) is 53.3 Å². The number of nitrogens with zero attached hydrogens (tertiary/aromatic N) is 2. The molecule has 0 aliphatic carbocycles. The standard InChI is InChI=1S/C15H16ClN3O/c16-12-10-14(17-11-12)15(20)19-8-6-18(7-9-19)13-4-2-1-3-5-13/h1-5,10-11,17H,6-9H2. The highest BCUT2D eigenvalue weighted by Crippen LogP contribution is 2.17. The molecule has 4 nitrogen and oxygen atoms in total. The van der Waals surface area contributed by atoms with Crippen LogP contribution in [0.3, 0.4) is 0 Å². The lowest BCUT2D eigenvalue weighted by atomic mass is 10.2. The zero-order valence-electron chi connectivity index (χ0n) is 11.1. The molecule has 1 fully saturated rings. The van der Waals surface area contributed by atoms with Gasteiger partial charge in [0.05, 0.1) is 5.02 Å². The van der Waals surface area contributed by atoms with Crippen molar-refractivity contribution >= 4 is 23.2 Å². The summed E-state index contributed by atoms with van der Waals surface area (Å²) in [5.41, 5.74) is 1.77. The van der Waals surface area contributed by atoms with Crippen LogP contribution in [-0.4, -0.2) is 42.0 Å². The summed E-state index contributed by atoms with van der Waals surface area (Å²) in [5.74, 6) is 0.0182. The molecule has 0 radical (unpaired) electrons. The van der Waals surface area contributed by atoms with E-state index in [2.05, 4.69) is 22.0 Å². The summed E-state index contributed by atoms with van der Waals surface area (Å²) >= 11 is 5.84. The third kappa shape index (κ3) is 2.65. The van der Waals surface area contributed by atoms with Gasteiger partial charge >= 0.3 is 0 Å². The summed E-state index contributed by atoms with van der Waals surface area (Å²) < 4.78 is 0. The van der Waals surface area contributed by atoms with Crippen LogP contribution in [0.1, 0.15) is 10.5 Å². The molecule has 0 saturated carbocycles. The van der Waals surface area contributed by atoms with Crippen molar-refractivity contribution < 1.29 is 4.79 Å². The number of halogens is 1. The molecule has 104 valence electrons. The van der Waals surface area contributed by atoms with E-state index in [9.17, 15) is 4.79 Å². The summed E-state index contributed by atoms with van der Waals surface area (Å²) in [5, 5.41) is 0.566. The summed E-state index contributed by atoms with van der Waals surface area (Å²) in [4.78, 5) is 19.3. The van der Waals surface area contributed by atoms with Crippen LogP contribution >= 0.6 is 11.6 Å². The van der Waals surface area contributed by atoms with Crippen LogP contribution < -0.4 is 4.90 Å². The first-order valence-electron chi connectivity index (χ1n) is 6.67. The van der Waals surface area contributed by atoms with Crippen LogP contribution in [0.5, 0.6) is 0 Å². The number of para-hydroxylation sites is 1. The molecule has 1 aliphatic rings. The number of benzene rings is 1. The summed E-state index contributed by atoms with van der Waals surface area (Å²) in [6.45, 7) is 3.16. The SMILES string of the molecule is O=C(c1cc(Cl)c[nH]1)N1CCN(c2ccccc2)CC1. The highest BCUT2D eigenvalue weighted by atomic mass is 35.5. The van der Waals surface area contributed by atoms with Gasteiger partial charge in [-0.2, -0.15) is 0 Å². The number of aromatic nitrogens is 1. The normalized spacial score (nSPS) is 15.4. The Morgan fingerprint density at radius 2 is 1.80 bits per heavy atom. The summed E-state index contributed by atoms with van der Waals surface area (Å²) in [6.07, 6.45) is 1.63. The van der Waals surface area contributed by atoms with Gasteiger partial charge in [0, 0.05) is 38.1 Å². The predicted octanol–water partition coefficient (Wildman–Crippen LogP) is 2.63. The Labute approximate surface area is 123 Å². The molecule has 2 heterocycles. The molecule has 0 unspecified atom stereocenters. The van der Waals surface area contributed by atoms with E-state index in [0.29, 0.717) is 10.7 Å². The number of piperazine rings is 1. The van der Waals surface area contributed by atoms with Gasteiger partial charge in [0.25, 0.3) is 5.91 Å². The summed E-state index contributed by atoms with van der Waals surface area (Å²) in [6, 6.07) is 12.0. The average molecular weight is 290 g/mol. The van der Waals surface area contributed by atoms with Crippen molar-refractivity contribution in [2.45, 2.75) is 0 Å². The lowest BCUT2D eigenvalue weighted by Gasteiger charge is -2.35. The number of amides is 1. The molecule has 1 N–H and O–H groups in total. The molecule has 1 amide bonds. The summed E-state index contributed by atoms with van der Waals surface area (Å²) in [7, 11) is 0. The number of carbonyl (C=O) groups excluding carboxylic acids is 1. The molecule has 20 heavy (non-hydrogen) atoms. The largest absolute Gasteiger partial charge is 0.368 e. The van der Waals surface area contributed by atoms with Gasteiger partial charge in [-0.3, -0.25) is 4.79 Å². The van der Waals surface area contributed by atoms with E-state index in [1.165, 1.54) is 5.69 Å². The van der Waals surface area contributed by atoms with Crippen LogP contribution in [0.15, 0.2) is 42.6 Å². The minimum absolute atomic E-state index is 0.0182. The van der Waals surface area contributed by atoms with Gasteiger partial charge in [0.15, 0.2) is 0 Å². The van der Waals surface area contributed by atoms with Crippen LogP contribution in [0, 0.1) is 0 Å². The minimum Gasteiger partial charge on any atom is -0.368 e. The lowest BCUT2D eigenvalue weighted by molar-refractivity contribution is 0.0741. The average Bonchev–Trinajstić information content (AvgIpc) is 2.94. The molecule has 0 spiro atoms. The van der Waals surface area contributed by atoms with E-state index in [1.54, 1.807) is 12.3 Å². The first-order valence-corrected chi connectivity index (χ1v) is 7.05. The Bertz CT molecular complexity index is 588. The van der Waals surface area contributed by atoms with Crippen LogP contribution in [0.2, 0.25) is 5.02 Å². The predicted molar refractivity (Wildman–Crippen MR) is 80.4 cm³/mol. The zero-order valence-corrected chi connectivity index (χ0v) is 11.8. The van der Waals surface area contributed by atoms with E-state index in [1.807, 2.05) is 23.1 Å². The first kappa shape index (κ1) is 13.1. The number of rotatable bonds is 2. The maximum Gasteiger partial charge on any atom is 0.270 e. The molecular formula is C15H16ClN3O. The van der Waals surface area contributed by atoms with Crippen molar-refractivity contribution in [3.8, 4) is 0 Å². The van der Waals surface area contributed by atoms with Crippen LogP contribution in [-0.2, 0) is 0 Å². The van der Waals surface area contributed by atoms with E-state index >= 15 is 0 Å². The number of aromatic amines is 1.